The van der Waals surface area contributed by atoms with Crippen LogP contribution in [0.5, 0.6) is 5.75 Å². The van der Waals surface area contributed by atoms with Gasteiger partial charge in [-0.2, -0.15) is 0 Å². The van der Waals surface area contributed by atoms with Crippen molar-refractivity contribution in [3.63, 3.8) is 0 Å². The summed E-state index contributed by atoms with van der Waals surface area (Å²) in [4.78, 5) is 22.1. The quantitative estimate of drug-likeness (QED) is 0.446. The van der Waals surface area contributed by atoms with Gasteiger partial charge in [0.2, 0.25) is 0 Å². The molecular weight excluding hydrogens is 356 g/mol. The fourth-order valence-electron chi connectivity index (χ4n) is 1.89. The lowest BCUT2D eigenvalue weighted by Crippen LogP contribution is -2.32. The summed E-state index contributed by atoms with van der Waals surface area (Å²) in [6, 6.07) is 5.23. The van der Waals surface area contributed by atoms with E-state index in [4.69, 9.17) is 28.2 Å². The molecule has 134 valence electrons. The molecular formula is C15H21ClN2O5S. The van der Waals surface area contributed by atoms with Gasteiger partial charge in [-0.15, -0.1) is 12.4 Å². The molecule has 0 aromatic heterocycles. The Bertz CT molecular complexity index is 567. The number of carbonyl (C=O) groups is 2. The first-order valence-electron chi connectivity index (χ1n) is 6.92. The lowest BCUT2D eigenvalue weighted by molar-refractivity contribution is -0.142. The summed E-state index contributed by atoms with van der Waals surface area (Å²) in [5.74, 6) is -1.08. The lowest BCUT2D eigenvalue weighted by atomic mass is 10.1. The second-order valence-electron chi connectivity index (χ2n) is 5.01. The third-order valence-corrected chi connectivity index (χ3v) is 3.48. The van der Waals surface area contributed by atoms with Gasteiger partial charge in [0, 0.05) is 17.8 Å². The van der Waals surface area contributed by atoms with E-state index < -0.39 is 12.0 Å². The number of phenolic OH excluding ortho intramolecular Hbond substituents is 1. The molecule has 0 radical (unpaired) electrons. The number of rotatable bonds is 4. The first-order valence-corrected chi connectivity index (χ1v) is 7.33. The molecule has 1 aromatic rings. The van der Waals surface area contributed by atoms with Crippen LogP contribution in [0.15, 0.2) is 24.3 Å². The molecule has 24 heavy (non-hydrogen) atoms. The summed E-state index contributed by atoms with van der Waals surface area (Å²) in [5, 5.41) is 20.4. The Balaban J connectivity index is 0.000000436. The van der Waals surface area contributed by atoms with E-state index in [9.17, 15) is 9.59 Å². The highest BCUT2D eigenvalue weighted by molar-refractivity contribution is 7.80. The molecule has 9 heteroatoms. The summed E-state index contributed by atoms with van der Waals surface area (Å²) in [6.45, 7) is 0.662. The number of hydrogen-bond acceptors (Lipinski definition) is 7. The van der Waals surface area contributed by atoms with E-state index in [2.05, 4.69) is 10.1 Å². The molecule has 7 nitrogen and oxygen atoms in total. The van der Waals surface area contributed by atoms with Crippen molar-refractivity contribution in [1.82, 2.24) is 5.32 Å². The Hall–Kier alpha value is -1.74. The molecule has 5 N–H and O–H groups in total. The summed E-state index contributed by atoms with van der Waals surface area (Å²) in [7, 11) is 1.38. The Labute approximate surface area is 151 Å². The minimum Gasteiger partial charge on any atom is -0.508 e. The number of phenols is 1. The third kappa shape index (κ3) is 7.69. The number of ether oxygens (including phenoxy) is 1. The number of halogens is 1. The minimum atomic E-state index is -1.02. The molecule has 1 aliphatic rings. The van der Waals surface area contributed by atoms with Crippen molar-refractivity contribution in [2.45, 2.75) is 24.9 Å². The van der Waals surface area contributed by atoms with Gasteiger partial charge in [-0.3, -0.25) is 14.9 Å². The second-order valence-corrected chi connectivity index (χ2v) is 5.59. The van der Waals surface area contributed by atoms with Crippen molar-refractivity contribution in [3.05, 3.63) is 29.8 Å². The standard InChI is InChI=1S/C9H11NO3.C6H9NO2S.ClH/c10-8(9(12)13)5-6-1-3-7(11)4-2-6;1-9-6(8)5-2-4(10)3-7-5;/h1-4,8,11H,5,10H2,(H,12,13);5,7H,2-3H2,1H3;1H/t8-;5-;/m00./s1. The molecule has 2 rings (SSSR count). The zero-order valence-electron chi connectivity index (χ0n) is 13.1. The van der Waals surface area contributed by atoms with E-state index in [0.29, 0.717) is 13.0 Å². The molecule has 1 fully saturated rings. The van der Waals surface area contributed by atoms with Gasteiger partial charge in [-0.25, -0.2) is 0 Å². The zero-order chi connectivity index (χ0) is 17.4. The maximum absolute atomic E-state index is 10.8. The van der Waals surface area contributed by atoms with E-state index in [1.807, 2.05) is 0 Å². The fraction of sp³-hybridized carbons (Fsp3) is 0.400. The number of nitrogens with one attached hydrogen (secondary N) is 1. The van der Waals surface area contributed by atoms with E-state index in [1.54, 1.807) is 12.1 Å². The topological polar surface area (TPSA) is 122 Å². The second kappa shape index (κ2) is 10.9. The van der Waals surface area contributed by atoms with Crippen molar-refractivity contribution in [1.29, 1.82) is 0 Å². The molecule has 0 saturated carbocycles. The first kappa shape index (κ1) is 22.3. The van der Waals surface area contributed by atoms with E-state index in [1.165, 1.54) is 19.2 Å². The number of carboxylic acid groups (broad SMARTS) is 1. The number of methoxy groups -OCH3 is 1. The molecule has 1 saturated heterocycles. The Morgan fingerprint density at radius 2 is 2.00 bits per heavy atom. The van der Waals surface area contributed by atoms with Crippen LogP contribution < -0.4 is 11.1 Å². The smallest absolute Gasteiger partial charge is 0.323 e. The Morgan fingerprint density at radius 3 is 2.42 bits per heavy atom. The van der Waals surface area contributed by atoms with Crippen LogP contribution in [0.2, 0.25) is 0 Å². The van der Waals surface area contributed by atoms with Gasteiger partial charge in [-0.05, 0) is 24.1 Å². The number of aromatic hydroxyl groups is 1. The normalized spacial score (nSPS) is 17.1. The fourth-order valence-corrected chi connectivity index (χ4v) is 2.14. The van der Waals surface area contributed by atoms with Crippen LogP contribution in [-0.4, -0.2) is 52.8 Å². The molecule has 1 heterocycles. The molecule has 0 spiro atoms. The Kier molecular flexibility index (Phi) is 10.1. The summed E-state index contributed by atoms with van der Waals surface area (Å²) >= 11 is 4.89. The summed E-state index contributed by atoms with van der Waals surface area (Å²) < 4.78 is 4.52. The van der Waals surface area contributed by atoms with Crippen LogP contribution in [0, 0.1) is 0 Å². The number of aliphatic carboxylic acids is 1. The number of carboxylic acids is 1. The third-order valence-electron chi connectivity index (χ3n) is 3.17. The highest BCUT2D eigenvalue weighted by atomic mass is 35.5. The van der Waals surface area contributed by atoms with E-state index >= 15 is 0 Å². The Morgan fingerprint density at radius 1 is 1.42 bits per heavy atom. The van der Waals surface area contributed by atoms with Gasteiger partial charge in [0.1, 0.15) is 17.8 Å². The predicted octanol–water partition coefficient (Wildman–Crippen LogP) is 0.660. The van der Waals surface area contributed by atoms with E-state index in [-0.39, 0.29) is 36.6 Å². The number of esters is 1. The SMILES string of the molecule is COC(=O)[C@@H]1CC(=S)CN1.Cl.N[C@@H](Cc1ccc(O)cc1)C(=O)O. The number of benzene rings is 1. The molecule has 0 aliphatic carbocycles. The monoisotopic (exact) mass is 376 g/mol. The predicted molar refractivity (Wildman–Crippen MR) is 95.7 cm³/mol. The van der Waals surface area contributed by atoms with Gasteiger partial charge in [-0.1, -0.05) is 24.4 Å². The van der Waals surface area contributed by atoms with Crippen molar-refractivity contribution in [2.75, 3.05) is 13.7 Å². The molecule has 2 atom stereocenters. The molecule has 1 aliphatic heterocycles. The van der Waals surface area contributed by atoms with Crippen LogP contribution in [-0.2, 0) is 20.7 Å². The average Bonchev–Trinajstić information content (AvgIpc) is 2.96. The summed E-state index contributed by atoms with van der Waals surface area (Å²) in [6.07, 6.45) is 0.914. The van der Waals surface area contributed by atoms with Gasteiger partial charge in [0.25, 0.3) is 0 Å². The number of nitrogens with two attached hydrogens (primary N) is 1. The van der Waals surface area contributed by atoms with Crippen molar-refractivity contribution in [2.24, 2.45) is 5.73 Å². The molecule has 0 unspecified atom stereocenters. The van der Waals surface area contributed by atoms with Gasteiger partial charge >= 0.3 is 11.9 Å². The van der Waals surface area contributed by atoms with Crippen LogP contribution in [0.4, 0.5) is 0 Å². The van der Waals surface area contributed by atoms with Gasteiger partial charge < -0.3 is 20.7 Å². The molecule has 0 amide bonds. The van der Waals surface area contributed by atoms with Crippen molar-refractivity contribution < 1.29 is 24.5 Å². The van der Waals surface area contributed by atoms with Crippen LogP contribution in [0.25, 0.3) is 0 Å². The minimum absolute atomic E-state index is 0. The zero-order valence-corrected chi connectivity index (χ0v) is 14.7. The number of thiocarbonyl (C=S) groups is 1. The van der Waals surface area contributed by atoms with Crippen molar-refractivity contribution in [3.8, 4) is 5.75 Å². The molecule has 0 bridgehead atoms. The largest absolute Gasteiger partial charge is 0.508 e. The summed E-state index contributed by atoms with van der Waals surface area (Å²) in [5.41, 5.74) is 6.12. The van der Waals surface area contributed by atoms with Crippen LogP contribution in [0.3, 0.4) is 0 Å². The highest BCUT2D eigenvalue weighted by Gasteiger charge is 2.25. The number of carbonyl (C=O) groups excluding carboxylic acids is 1. The van der Waals surface area contributed by atoms with Crippen molar-refractivity contribution >= 4 is 41.4 Å². The average molecular weight is 377 g/mol. The number of hydrogen-bond donors (Lipinski definition) is 4. The lowest BCUT2D eigenvalue weighted by Gasteiger charge is -2.05. The highest BCUT2D eigenvalue weighted by Crippen LogP contribution is 2.10. The van der Waals surface area contributed by atoms with Gasteiger partial charge in [0.15, 0.2) is 0 Å². The first-order chi connectivity index (χ1) is 10.8. The van der Waals surface area contributed by atoms with E-state index in [0.717, 1.165) is 10.4 Å². The van der Waals surface area contributed by atoms with Crippen LogP contribution in [0.1, 0.15) is 12.0 Å². The maximum atomic E-state index is 10.8. The van der Waals surface area contributed by atoms with Gasteiger partial charge in [0.05, 0.1) is 7.11 Å². The van der Waals surface area contributed by atoms with Crippen LogP contribution >= 0.6 is 24.6 Å². The molecule has 1 aromatic carbocycles. The maximum Gasteiger partial charge on any atom is 0.323 e.